The number of nitrogens with zero attached hydrogens (tertiary/aromatic N) is 3. The molecule has 4 aromatic rings. The van der Waals surface area contributed by atoms with Crippen LogP contribution in [0.25, 0.3) is 22.2 Å². The number of fused-ring (bicyclic) bond motifs is 3. The Morgan fingerprint density at radius 1 is 1.12 bits per heavy atom. The molecule has 3 aromatic heterocycles. The molecule has 1 aliphatic heterocycles. The fraction of sp³-hybridized carbons (Fsp3) is 0.304. The Balaban J connectivity index is 1.95. The Morgan fingerprint density at radius 2 is 1.91 bits per heavy atom. The van der Waals surface area contributed by atoms with Crippen molar-refractivity contribution in [2.24, 2.45) is 14.1 Å². The topological polar surface area (TPSA) is 80.5 Å². The van der Waals surface area contributed by atoms with Crippen molar-refractivity contribution in [3.05, 3.63) is 78.9 Å². The van der Waals surface area contributed by atoms with Gasteiger partial charge in [-0.2, -0.15) is 0 Å². The number of aryl methyl sites for hydroxylation is 1. The van der Waals surface area contributed by atoms with Crippen LogP contribution in [0.15, 0.2) is 50.4 Å². The van der Waals surface area contributed by atoms with E-state index in [1.54, 1.807) is 38.4 Å². The third-order valence-corrected chi connectivity index (χ3v) is 6.41. The summed E-state index contributed by atoms with van der Waals surface area (Å²) in [5.74, 6) is 0.465. The average Bonchev–Trinajstić information content (AvgIpc) is 3.37. The minimum absolute atomic E-state index is 0.213. The first-order valence-electron chi connectivity index (χ1n) is 10.3. The molecule has 5 rings (SSSR count). The summed E-state index contributed by atoms with van der Waals surface area (Å²) in [6, 6.07) is 10.6. The maximum Gasteiger partial charge on any atom is 0.331 e. The molecule has 0 bridgehead atoms. The van der Waals surface area contributed by atoms with Crippen LogP contribution < -0.4 is 11.2 Å². The summed E-state index contributed by atoms with van der Waals surface area (Å²) in [5, 5.41) is 1.15. The van der Waals surface area contributed by atoms with Gasteiger partial charge in [-0.05, 0) is 35.9 Å². The minimum Gasteiger partial charge on any atom is -0.446 e. The number of benzene rings is 1. The van der Waals surface area contributed by atoms with Crippen LogP contribution in [0, 0.1) is 0 Å². The van der Waals surface area contributed by atoms with Gasteiger partial charge in [-0.25, -0.2) is 4.79 Å². The molecular weight excluding hydrogens is 469 g/mol. The Hall–Kier alpha value is -2.78. The Labute approximate surface area is 198 Å². The maximum atomic E-state index is 13.4. The van der Waals surface area contributed by atoms with Crippen LogP contribution in [-0.4, -0.2) is 33.5 Å². The van der Waals surface area contributed by atoms with E-state index in [9.17, 15) is 9.59 Å². The lowest BCUT2D eigenvalue weighted by molar-refractivity contribution is -0.0670. The molecule has 4 heterocycles. The SMILES string of the molecule is COC[C@@H]1Cn2c(-c3cccc(Cl)c3)c3c(=O)n(C)c(=O)n(C)c3c2[C@@H](c2ccc(Cl)o2)O1. The van der Waals surface area contributed by atoms with Crippen molar-refractivity contribution in [1.82, 2.24) is 13.7 Å². The van der Waals surface area contributed by atoms with Gasteiger partial charge < -0.3 is 18.5 Å². The monoisotopic (exact) mass is 489 g/mol. The number of hydrogen-bond donors (Lipinski definition) is 0. The van der Waals surface area contributed by atoms with Gasteiger partial charge in [0.05, 0.1) is 35.4 Å². The fourth-order valence-electron chi connectivity index (χ4n) is 4.58. The van der Waals surface area contributed by atoms with Crippen molar-refractivity contribution in [3.8, 4) is 11.3 Å². The van der Waals surface area contributed by atoms with Crippen LogP contribution in [0.1, 0.15) is 17.6 Å². The summed E-state index contributed by atoms with van der Waals surface area (Å²) in [6.07, 6.45) is -1.04. The van der Waals surface area contributed by atoms with E-state index in [1.165, 1.54) is 11.6 Å². The summed E-state index contributed by atoms with van der Waals surface area (Å²) in [7, 11) is 4.71. The Bertz CT molecular complexity index is 1500. The molecule has 1 aliphatic rings. The van der Waals surface area contributed by atoms with E-state index in [1.807, 2.05) is 16.7 Å². The highest BCUT2D eigenvalue weighted by molar-refractivity contribution is 6.31. The van der Waals surface area contributed by atoms with Gasteiger partial charge in [0.2, 0.25) is 0 Å². The number of methoxy groups -OCH3 is 1. The maximum absolute atomic E-state index is 13.4. The second-order valence-electron chi connectivity index (χ2n) is 8.02. The summed E-state index contributed by atoms with van der Waals surface area (Å²) >= 11 is 12.4. The van der Waals surface area contributed by atoms with E-state index >= 15 is 0 Å². The quantitative estimate of drug-likeness (QED) is 0.436. The molecule has 33 heavy (non-hydrogen) atoms. The van der Waals surface area contributed by atoms with Crippen molar-refractivity contribution >= 4 is 34.1 Å². The molecule has 0 aliphatic carbocycles. The number of hydrogen-bond acceptors (Lipinski definition) is 5. The lowest BCUT2D eigenvalue weighted by atomic mass is 10.1. The molecular formula is C23H21Cl2N3O5. The van der Waals surface area contributed by atoms with Gasteiger partial charge in [-0.15, -0.1) is 0 Å². The third kappa shape index (κ3) is 3.45. The van der Waals surface area contributed by atoms with E-state index in [0.29, 0.717) is 46.2 Å². The van der Waals surface area contributed by atoms with Crippen LogP contribution in [0.3, 0.4) is 0 Å². The highest BCUT2D eigenvalue weighted by Crippen LogP contribution is 2.43. The molecule has 0 radical (unpaired) electrons. The second kappa shape index (κ2) is 8.22. The molecule has 0 saturated heterocycles. The zero-order valence-electron chi connectivity index (χ0n) is 18.2. The number of furan rings is 1. The first kappa shape index (κ1) is 22.0. The predicted molar refractivity (Wildman–Crippen MR) is 125 cm³/mol. The van der Waals surface area contributed by atoms with Crippen molar-refractivity contribution in [2.75, 3.05) is 13.7 Å². The molecule has 0 spiro atoms. The van der Waals surface area contributed by atoms with Crippen LogP contribution >= 0.6 is 23.2 Å². The summed E-state index contributed by atoms with van der Waals surface area (Å²) in [6.45, 7) is 0.729. The number of halogens is 2. The smallest absolute Gasteiger partial charge is 0.331 e. The molecule has 172 valence electrons. The summed E-state index contributed by atoms with van der Waals surface area (Å²) < 4.78 is 22.0. The van der Waals surface area contributed by atoms with Gasteiger partial charge in [0.1, 0.15) is 11.9 Å². The molecule has 0 unspecified atom stereocenters. The zero-order valence-corrected chi connectivity index (χ0v) is 19.7. The van der Waals surface area contributed by atoms with E-state index in [0.717, 1.165) is 10.1 Å². The number of ether oxygens (including phenoxy) is 2. The average molecular weight is 490 g/mol. The van der Waals surface area contributed by atoms with Crippen LogP contribution in [0.4, 0.5) is 0 Å². The van der Waals surface area contributed by atoms with E-state index in [-0.39, 0.29) is 11.3 Å². The van der Waals surface area contributed by atoms with Crippen molar-refractivity contribution < 1.29 is 13.9 Å². The van der Waals surface area contributed by atoms with Crippen molar-refractivity contribution in [1.29, 1.82) is 0 Å². The van der Waals surface area contributed by atoms with E-state index in [2.05, 4.69) is 0 Å². The van der Waals surface area contributed by atoms with Gasteiger partial charge >= 0.3 is 5.69 Å². The highest BCUT2D eigenvalue weighted by atomic mass is 35.5. The molecule has 10 heteroatoms. The lowest BCUT2D eigenvalue weighted by Gasteiger charge is -2.32. The third-order valence-electron chi connectivity index (χ3n) is 5.97. The van der Waals surface area contributed by atoms with E-state index < -0.39 is 17.4 Å². The molecule has 0 saturated carbocycles. The molecule has 8 nitrogen and oxygen atoms in total. The lowest BCUT2D eigenvalue weighted by Crippen LogP contribution is -2.37. The first-order chi connectivity index (χ1) is 15.8. The molecule has 2 atom stereocenters. The first-order valence-corrected chi connectivity index (χ1v) is 11.0. The van der Waals surface area contributed by atoms with Crippen LogP contribution in [0.2, 0.25) is 10.2 Å². The zero-order chi connectivity index (χ0) is 23.4. The molecule has 1 aromatic carbocycles. The second-order valence-corrected chi connectivity index (χ2v) is 8.83. The Kier molecular flexibility index (Phi) is 5.49. The summed E-state index contributed by atoms with van der Waals surface area (Å²) in [5.41, 5.74) is 1.69. The van der Waals surface area contributed by atoms with Gasteiger partial charge in [0.15, 0.2) is 11.3 Å². The largest absolute Gasteiger partial charge is 0.446 e. The summed E-state index contributed by atoms with van der Waals surface area (Å²) in [4.78, 5) is 26.3. The van der Waals surface area contributed by atoms with E-state index in [4.69, 9.17) is 37.1 Å². The van der Waals surface area contributed by atoms with Crippen LogP contribution in [-0.2, 0) is 30.1 Å². The highest BCUT2D eigenvalue weighted by Gasteiger charge is 2.38. The molecule has 0 N–H and O–H groups in total. The standard InChI is InChI=1S/C23H21Cl2N3O5/c1-26-19-17(22(29)27(2)23(26)30)18(12-5-4-6-13(24)9-12)28-10-14(11-31-3)32-21(20(19)28)15-7-8-16(25)33-15/h4-9,14,21H,10-11H2,1-3H3/t14-,21+/m0/s1. The van der Waals surface area contributed by atoms with Gasteiger partial charge in [0.25, 0.3) is 5.56 Å². The molecule has 0 amide bonds. The van der Waals surface area contributed by atoms with Crippen molar-refractivity contribution in [3.63, 3.8) is 0 Å². The number of aromatic nitrogens is 3. The van der Waals surface area contributed by atoms with Crippen LogP contribution in [0.5, 0.6) is 0 Å². The normalized spacial score (nSPS) is 18.1. The molecule has 0 fully saturated rings. The van der Waals surface area contributed by atoms with Gasteiger partial charge in [-0.1, -0.05) is 23.7 Å². The predicted octanol–water partition coefficient (Wildman–Crippen LogP) is 3.74. The van der Waals surface area contributed by atoms with Gasteiger partial charge in [0, 0.05) is 31.8 Å². The van der Waals surface area contributed by atoms with Gasteiger partial charge in [-0.3, -0.25) is 13.9 Å². The Morgan fingerprint density at radius 3 is 2.58 bits per heavy atom. The van der Waals surface area contributed by atoms with Crippen molar-refractivity contribution in [2.45, 2.75) is 18.8 Å². The fourth-order valence-corrected chi connectivity index (χ4v) is 4.93. The minimum atomic E-state index is -0.709. The number of rotatable bonds is 4.